The summed E-state index contributed by atoms with van der Waals surface area (Å²) in [6.45, 7) is 0. The molecule has 0 amide bonds. The predicted molar refractivity (Wildman–Crippen MR) is 86.3 cm³/mol. The van der Waals surface area contributed by atoms with Gasteiger partial charge < -0.3 is 19.0 Å². The summed E-state index contributed by atoms with van der Waals surface area (Å²) in [5, 5.41) is 19.7. The van der Waals surface area contributed by atoms with Crippen molar-refractivity contribution in [3.8, 4) is 17.1 Å². The summed E-state index contributed by atoms with van der Waals surface area (Å²) in [6.07, 6.45) is 0. The summed E-state index contributed by atoms with van der Waals surface area (Å²) in [5.41, 5.74) is 0.800. The quantitative estimate of drug-likeness (QED) is 0.584. The van der Waals surface area contributed by atoms with Gasteiger partial charge in [0, 0.05) is 17.7 Å². The first-order valence-electron chi connectivity index (χ1n) is 7.05. The monoisotopic (exact) mass is 322 g/mol. The van der Waals surface area contributed by atoms with Crippen molar-refractivity contribution >= 4 is 27.9 Å². The van der Waals surface area contributed by atoms with Gasteiger partial charge in [-0.3, -0.25) is 4.79 Å². The Bertz CT molecular complexity index is 1150. The highest BCUT2D eigenvalue weighted by atomic mass is 16.4. The minimum atomic E-state index is -1.22. The SMILES string of the molecule is O=C(O)c1cc2cc(-c3ccc(O)cc3)oc3cc(=O)cc(o1)c23. The fourth-order valence-corrected chi connectivity index (χ4v) is 2.65. The molecular formula is C18H10O6. The number of carboxylic acids is 1. The van der Waals surface area contributed by atoms with Gasteiger partial charge in [-0.15, -0.1) is 0 Å². The van der Waals surface area contributed by atoms with Crippen molar-refractivity contribution < 1.29 is 23.8 Å². The highest BCUT2D eigenvalue weighted by Gasteiger charge is 2.15. The minimum Gasteiger partial charge on any atom is -0.508 e. The molecule has 2 aromatic heterocycles. The first-order chi connectivity index (χ1) is 11.5. The standard InChI is InChI=1S/C18H10O6/c19-11-3-1-9(2-4-11)13-5-10-6-16(18(21)22)24-15-8-12(20)7-14(23-13)17(10)15/h1-8,19H,(H,21,22). The smallest absolute Gasteiger partial charge is 0.371 e. The molecule has 2 aromatic carbocycles. The van der Waals surface area contributed by atoms with E-state index in [1.165, 1.54) is 30.3 Å². The molecule has 0 unspecified atom stereocenters. The van der Waals surface area contributed by atoms with Crippen molar-refractivity contribution in [1.29, 1.82) is 0 Å². The van der Waals surface area contributed by atoms with Crippen LogP contribution in [0.25, 0.3) is 33.3 Å². The number of aromatic carboxylic acids is 1. The van der Waals surface area contributed by atoms with E-state index in [-0.39, 0.29) is 22.5 Å². The van der Waals surface area contributed by atoms with Crippen LogP contribution in [-0.2, 0) is 0 Å². The summed E-state index contributed by atoms with van der Waals surface area (Å²) < 4.78 is 11.1. The van der Waals surface area contributed by atoms with E-state index in [2.05, 4.69) is 0 Å². The zero-order chi connectivity index (χ0) is 16.8. The number of phenols is 1. The van der Waals surface area contributed by atoms with Crippen LogP contribution in [0.1, 0.15) is 10.6 Å². The lowest BCUT2D eigenvalue weighted by Gasteiger charge is -2.09. The van der Waals surface area contributed by atoms with E-state index in [1.54, 1.807) is 18.2 Å². The van der Waals surface area contributed by atoms with E-state index < -0.39 is 5.97 Å². The van der Waals surface area contributed by atoms with Crippen LogP contribution in [0.4, 0.5) is 0 Å². The van der Waals surface area contributed by atoms with E-state index in [9.17, 15) is 19.8 Å². The third-order valence-corrected chi connectivity index (χ3v) is 3.70. The molecule has 0 bridgehead atoms. The summed E-state index contributed by atoms with van der Waals surface area (Å²) in [6, 6.07) is 12.0. The fraction of sp³-hybridized carbons (Fsp3) is 0. The number of carbonyl (C=O) groups is 1. The highest BCUT2D eigenvalue weighted by molar-refractivity contribution is 6.07. The second-order valence-corrected chi connectivity index (χ2v) is 5.32. The minimum absolute atomic E-state index is 0.117. The summed E-state index contributed by atoms with van der Waals surface area (Å²) >= 11 is 0. The highest BCUT2D eigenvalue weighted by Crippen LogP contribution is 2.32. The van der Waals surface area contributed by atoms with Gasteiger partial charge in [0.1, 0.15) is 22.7 Å². The molecule has 24 heavy (non-hydrogen) atoms. The Morgan fingerprint density at radius 3 is 2.25 bits per heavy atom. The van der Waals surface area contributed by atoms with Gasteiger partial charge in [-0.2, -0.15) is 0 Å². The van der Waals surface area contributed by atoms with Crippen LogP contribution in [0.15, 0.2) is 62.2 Å². The number of carboxylic acid groups (broad SMARTS) is 1. The topological polar surface area (TPSA) is 101 Å². The molecule has 0 saturated heterocycles. The predicted octanol–water partition coefficient (Wildman–Crippen LogP) is 3.61. The van der Waals surface area contributed by atoms with E-state index in [0.29, 0.717) is 27.7 Å². The van der Waals surface area contributed by atoms with E-state index in [0.717, 1.165) is 0 Å². The number of phenolic OH excluding ortho intramolecular Hbond substituents is 1. The lowest BCUT2D eigenvalue weighted by atomic mass is 10.1. The Morgan fingerprint density at radius 1 is 0.917 bits per heavy atom. The second-order valence-electron chi connectivity index (χ2n) is 5.32. The Hall–Kier alpha value is -3.54. The zero-order valence-electron chi connectivity index (χ0n) is 12.1. The molecule has 0 saturated carbocycles. The summed E-state index contributed by atoms with van der Waals surface area (Å²) in [7, 11) is 0. The van der Waals surface area contributed by atoms with E-state index in [4.69, 9.17) is 8.83 Å². The van der Waals surface area contributed by atoms with Crippen molar-refractivity contribution in [3.05, 3.63) is 64.5 Å². The third-order valence-electron chi connectivity index (χ3n) is 3.70. The van der Waals surface area contributed by atoms with Gasteiger partial charge >= 0.3 is 5.97 Å². The van der Waals surface area contributed by atoms with Crippen LogP contribution in [0.2, 0.25) is 0 Å². The number of aromatic hydroxyl groups is 1. The molecule has 0 atom stereocenters. The number of rotatable bonds is 2. The first kappa shape index (κ1) is 14.1. The van der Waals surface area contributed by atoms with Crippen LogP contribution in [-0.4, -0.2) is 16.2 Å². The molecule has 6 heteroatoms. The largest absolute Gasteiger partial charge is 0.508 e. The number of hydrogen-bond acceptors (Lipinski definition) is 5. The second kappa shape index (κ2) is 4.99. The van der Waals surface area contributed by atoms with Gasteiger partial charge in [0.05, 0.1) is 5.39 Å². The van der Waals surface area contributed by atoms with Gasteiger partial charge in [0.25, 0.3) is 0 Å². The lowest BCUT2D eigenvalue weighted by molar-refractivity contribution is 0.0663. The molecule has 0 aliphatic carbocycles. The molecule has 2 heterocycles. The average Bonchev–Trinajstić information content (AvgIpc) is 2.54. The number of hydrogen-bond donors (Lipinski definition) is 2. The molecule has 118 valence electrons. The van der Waals surface area contributed by atoms with Gasteiger partial charge in [0.2, 0.25) is 5.76 Å². The van der Waals surface area contributed by atoms with Crippen LogP contribution in [0, 0.1) is 0 Å². The van der Waals surface area contributed by atoms with Crippen molar-refractivity contribution in [2.24, 2.45) is 0 Å². The Kier molecular flexibility index (Phi) is 2.93. The normalized spacial score (nSPS) is 11.2. The van der Waals surface area contributed by atoms with Gasteiger partial charge in [-0.05, 0) is 41.8 Å². The molecule has 4 rings (SSSR count). The fourth-order valence-electron chi connectivity index (χ4n) is 2.65. The maximum atomic E-state index is 11.8. The first-order valence-corrected chi connectivity index (χ1v) is 7.05. The van der Waals surface area contributed by atoms with Crippen LogP contribution in [0.5, 0.6) is 5.75 Å². The maximum Gasteiger partial charge on any atom is 0.371 e. The molecule has 4 aromatic rings. The van der Waals surface area contributed by atoms with Crippen LogP contribution in [0.3, 0.4) is 0 Å². The third kappa shape index (κ3) is 2.21. The van der Waals surface area contributed by atoms with Gasteiger partial charge in [-0.25, -0.2) is 4.79 Å². The molecule has 0 radical (unpaired) electrons. The molecule has 0 aliphatic heterocycles. The van der Waals surface area contributed by atoms with Crippen molar-refractivity contribution in [3.63, 3.8) is 0 Å². The van der Waals surface area contributed by atoms with Crippen molar-refractivity contribution in [2.45, 2.75) is 0 Å². The Labute approximate surface area is 134 Å². The maximum absolute atomic E-state index is 11.8. The molecule has 6 nitrogen and oxygen atoms in total. The van der Waals surface area contributed by atoms with Crippen LogP contribution >= 0.6 is 0 Å². The molecule has 0 fully saturated rings. The van der Waals surface area contributed by atoms with E-state index in [1.807, 2.05) is 0 Å². The summed E-state index contributed by atoms with van der Waals surface area (Å²) in [5.74, 6) is -0.933. The average molecular weight is 322 g/mol. The lowest BCUT2D eigenvalue weighted by Crippen LogP contribution is -2.00. The zero-order valence-corrected chi connectivity index (χ0v) is 12.1. The molecule has 0 spiro atoms. The molecule has 0 aliphatic rings. The molecular weight excluding hydrogens is 312 g/mol. The van der Waals surface area contributed by atoms with Gasteiger partial charge in [-0.1, -0.05) is 0 Å². The summed E-state index contributed by atoms with van der Waals surface area (Å²) in [4.78, 5) is 23.1. The van der Waals surface area contributed by atoms with Crippen molar-refractivity contribution in [1.82, 2.24) is 0 Å². The Morgan fingerprint density at radius 2 is 1.58 bits per heavy atom. The van der Waals surface area contributed by atoms with Crippen molar-refractivity contribution in [2.75, 3.05) is 0 Å². The van der Waals surface area contributed by atoms with Crippen LogP contribution < -0.4 is 5.43 Å². The molecule has 2 N–H and O–H groups in total. The Balaban J connectivity index is 2.10. The van der Waals surface area contributed by atoms with Gasteiger partial charge in [0.15, 0.2) is 5.43 Å². The number of benzene rings is 2. The van der Waals surface area contributed by atoms with E-state index >= 15 is 0 Å².